The third-order valence-electron chi connectivity index (χ3n) is 2.62. The zero-order valence-corrected chi connectivity index (χ0v) is 8.66. The third-order valence-corrected chi connectivity index (χ3v) is 2.62. The highest BCUT2D eigenvalue weighted by molar-refractivity contribution is 5.82. The summed E-state index contributed by atoms with van der Waals surface area (Å²) in [5.41, 5.74) is -0.283. The maximum Gasteiger partial charge on any atom is 0.331 e. The van der Waals surface area contributed by atoms with E-state index in [2.05, 4.69) is 0 Å². The summed E-state index contributed by atoms with van der Waals surface area (Å²) in [5.74, 6) is -0.344. The maximum absolute atomic E-state index is 11.3. The van der Waals surface area contributed by atoms with Crippen molar-refractivity contribution in [1.29, 1.82) is 0 Å². The fraction of sp³-hybridized carbons (Fsp3) is 0.727. The number of aliphatic hydroxyl groups excluding tert-OH is 1. The van der Waals surface area contributed by atoms with E-state index in [1.54, 1.807) is 0 Å². The Morgan fingerprint density at radius 2 is 2.07 bits per heavy atom. The Morgan fingerprint density at radius 3 is 2.64 bits per heavy atom. The molecule has 0 aliphatic heterocycles. The van der Waals surface area contributed by atoms with E-state index in [9.17, 15) is 4.79 Å². The first kappa shape index (κ1) is 11.2. The van der Waals surface area contributed by atoms with Gasteiger partial charge in [-0.2, -0.15) is 0 Å². The number of esters is 1. The van der Waals surface area contributed by atoms with Gasteiger partial charge in [0.15, 0.2) is 0 Å². The van der Waals surface area contributed by atoms with Crippen LogP contribution in [0.2, 0.25) is 0 Å². The molecule has 1 aliphatic rings. The Labute approximate surface area is 84.8 Å². The first-order chi connectivity index (χ1) is 6.66. The van der Waals surface area contributed by atoms with Gasteiger partial charge in [0.25, 0.3) is 0 Å². The van der Waals surface area contributed by atoms with Crippen molar-refractivity contribution in [3.05, 3.63) is 12.2 Å². The molecule has 0 radical (unpaired) electrons. The van der Waals surface area contributed by atoms with Gasteiger partial charge in [0, 0.05) is 6.08 Å². The van der Waals surface area contributed by atoms with E-state index in [1.165, 1.54) is 18.6 Å². The zero-order valence-electron chi connectivity index (χ0n) is 8.66. The molecule has 0 bridgehead atoms. The van der Waals surface area contributed by atoms with Gasteiger partial charge < -0.3 is 9.84 Å². The molecule has 1 N–H and O–H groups in total. The molecule has 0 spiro atoms. The van der Waals surface area contributed by atoms with E-state index < -0.39 is 0 Å². The van der Waals surface area contributed by atoms with Crippen LogP contribution in [0.15, 0.2) is 12.2 Å². The van der Waals surface area contributed by atoms with Crippen LogP contribution in [0.25, 0.3) is 0 Å². The highest BCUT2D eigenvalue weighted by Gasteiger charge is 2.29. The minimum absolute atomic E-state index is 0.119. The molecule has 3 heteroatoms. The molecule has 0 heterocycles. The lowest BCUT2D eigenvalue weighted by atomic mass is 9.86. The summed E-state index contributed by atoms with van der Waals surface area (Å²) < 4.78 is 5.34. The van der Waals surface area contributed by atoms with Gasteiger partial charge in [-0.05, 0) is 32.6 Å². The molecule has 14 heavy (non-hydrogen) atoms. The van der Waals surface area contributed by atoms with Gasteiger partial charge >= 0.3 is 5.97 Å². The second-order valence-corrected chi connectivity index (χ2v) is 4.02. The minimum atomic E-state index is -0.344. The molecular weight excluding hydrogens is 180 g/mol. The standard InChI is InChI=1S/C11H18O3/c1-11(7-3-2-4-8-11)14-10(13)6-5-9-12/h5-6,12H,2-4,7-9H2,1H3. The molecule has 0 aromatic heterocycles. The SMILES string of the molecule is CC1(OC(=O)C=CCO)CCCCC1. The first-order valence-electron chi connectivity index (χ1n) is 5.17. The Kier molecular flexibility index (Phi) is 4.14. The van der Waals surface area contributed by atoms with Gasteiger partial charge in [-0.25, -0.2) is 4.79 Å². The number of aliphatic hydroxyl groups is 1. The molecule has 1 rings (SSSR count). The van der Waals surface area contributed by atoms with E-state index in [0.29, 0.717) is 0 Å². The highest BCUT2D eigenvalue weighted by atomic mass is 16.6. The quantitative estimate of drug-likeness (QED) is 0.555. The minimum Gasteiger partial charge on any atom is -0.456 e. The molecule has 1 fully saturated rings. The summed E-state index contributed by atoms with van der Waals surface area (Å²) >= 11 is 0. The van der Waals surface area contributed by atoms with Crippen molar-refractivity contribution in [2.45, 2.75) is 44.6 Å². The van der Waals surface area contributed by atoms with E-state index in [4.69, 9.17) is 9.84 Å². The molecule has 3 nitrogen and oxygen atoms in total. The lowest BCUT2D eigenvalue weighted by molar-refractivity contribution is -0.154. The largest absolute Gasteiger partial charge is 0.456 e. The van der Waals surface area contributed by atoms with Crippen LogP contribution in [-0.4, -0.2) is 23.3 Å². The molecule has 0 saturated heterocycles. The average molecular weight is 198 g/mol. The number of rotatable bonds is 3. The van der Waals surface area contributed by atoms with Crippen LogP contribution in [0.1, 0.15) is 39.0 Å². The normalized spacial score (nSPS) is 21.0. The summed E-state index contributed by atoms with van der Waals surface area (Å²) in [7, 11) is 0. The van der Waals surface area contributed by atoms with E-state index in [0.717, 1.165) is 25.7 Å². The fourth-order valence-electron chi connectivity index (χ4n) is 1.83. The molecule has 1 saturated carbocycles. The van der Waals surface area contributed by atoms with Crippen LogP contribution in [0.4, 0.5) is 0 Å². The van der Waals surface area contributed by atoms with Crippen molar-refractivity contribution < 1.29 is 14.6 Å². The van der Waals surface area contributed by atoms with Gasteiger partial charge in [0.1, 0.15) is 5.60 Å². The summed E-state index contributed by atoms with van der Waals surface area (Å²) in [6.45, 7) is 1.86. The molecule has 0 aromatic rings. The fourth-order valence-corrected chi connectivity index (χ4v) is 1.83. The van der Waals surface area contributed by atoms with Crippen molar-refractivity contribution in [1.82, 2.24) is 0 Å². The Morgan fingerprint density at radius 1 is 1.43 bits per heavy atom. The Bertz CT molecular complexity index is 215. The smallest absolute Gasteiger partial charge is 0.331 e. The highest BCUT2D eigenvalue weighted by Crippen LogP contribution is 2.31. The monoisotopic (exact) mass is 198 g/mol. The summed E-state index contributed by atoms with van der Waals surface area (Å²) in [5, 5.41) is 8.49. The van der Waals surface area contributed by atoms with Crippen LogP contribution in [-0.2, 0) is 9.53 Å². The van der Waals surface area contributed by atoms with E-state index in [1.807, 2.05) is 6.92 Å². The van der Waals surface area contributed by atoms with Gasteiger partial charge in [0.2, 0.25) is 0 Å². The van der Waals surface area contributed by atoms with Crippen molar-refractivity contribution >= 4 is 5.97 Å². The number of carbonyl (C=O) groups is 1. The van der Waals surface area contributed by atoms with Crippen molar-refractivity contribution in [2.75, 3.05) is 6.61 Å². The van der Waals surface area contributed by atoms with Crippen LogP contribution in [0, 0.1) is 0 Å². The first-order valence-corrected chi connectivity index (χ1v) is 5.17. The summed E-state index contributed by atoms with van der Waals surface area (Å²) in [6, 6.07) is 0. The lowest BCUT2D eigenvalue weighted by Gasteiger charge is -2.32. The Hall–Kier alpha value is -0.830. The van der Waals surface area contributed by atoms with Gasteiger partial charge in [-0.15, -0.1) is 0 Å². The maximum atomic E-state index is 11.3. The van der Waals surface area contributed by atoms with Crippen LogP contribution < -0.4 is 0 Å². The van der Waals surface area contributed by atoms with Crippen molar-refractivity contribution in [2.24, 2.45) is 0 Å². The third kappa shape index (κ3) is 3.50. The number of carbonyl (C=O) groups excluding carboxylic acids is 1. The number of ether oxygens (including phenoxy) is 1. The predicted octanol–water partition coefficient (Wildman–Crippen LogP) is 1.80. The van der Waals surface area contributed by atoms with Gasteiger partial charge in [-0.3, -0.25) is 0 Å². The molecule has 0 aromatic carbocycles. The molecule has 0 unspecified atom stereocenters. The predicted molar refractivity (Wildman–Crippen MR) is 53.8 cm³/mol. The van der Waals surface area contributed by atoms with Gasteiger partial charge in [-0.1, -0.05) is 12.5 Å². The Balaban J connectivity index is 2.41. The van der Waals surface area contributed by atoms with Crippen molar-refractivity contribution in [3.8, 4) is 0 Å². The summed E-state index contributed by atoms with van der Waals surface area (Å²) in [4.78, 5) is 11.3. The summed E-state index contributed by atoms with van der Waals surface area (Å²) in [6.07, 6.45) is 8.09. The molecule has 80 valence electrons. The second-order valence-electron chi connectivity index (χ2n) is 4.02. The average Bonchev–Trinajstić information content (AvgIpc) is 2.15. The zero-order chi connectivity index (χ0) is 10.4. The van der Waals surface area contributed by atoms with E-state index in [-0.39, 0.29) is 18.2 Å². The molecule has 0 amide bonds. The molecular formula is C11H18O3. The molecule has 1 aliphatic carbocycles. The van der Waals surface area contributed by atoms with Gasteiger partial charge in [0.05, 0.1) is 6.61 Å². The van der Waals surface area contributed by atoms with Crippen LogP contribution in [0.3, 0.4) is 0 Å². The van der Waals surface area contributed by atoms with Crippen LogP contribution >= 0.6 is 0 Å². The topological polar surface area (TPSA) is 46.5 Å². The van der Waals surface area contributed by atoms with E-state index >= 15 is 0 Å². The molecule has 0 atom stereocenters. The lowest BCUT2D eigenvalue weighted by Crippen LogP contribution is -2.33. The van der Waals surface area contributed by atoms with Crippen molar-refractivity contribution in [3.63, 3.8) is 0 Å². The second kappa shape index (κ2) is 5.15. The number of hydrogen-bond donors (Lipinski definition) is 1. The van der Waals surface area contributed by atoms with Crippen LogP contribution in [0.5, 0.6) is 0 Å². The number of hydrogen-bond acceptors (Lipinski definition) is 3.